The Kier molecular flexibility index (Phi) is 7.65. The molecule has 28 heavy (non-hydrogen) atoms. The van der Waals surface area contributed by atoms with E-state index in [-0.39, 0.29) is 18.8 Å². The predicted molar refractivity (Wildman–Crippen MR) is 108 cm³/mol. The van der Waals surface area contributed by atoms with Crippen LogP contribution in [0.25, 0.3) is 6.08 Å². The summed E-state index contributed by atoms with van der Waals surface area (Å²) < 4.78 is 15.9. The van der Waals surface area contributed by atoms with Crippen LogP contribution < -0.4 is 9.47 Å². The second-order valence-corrected chi connectivity index (χ2v) is 6.60. The van der Waals surface area contributed by atoms with Crippen LogP contribution in [-0.2, 0) is 9.53 Å². The second kappa shape index (κ2) is 10.2. The van der Waals surface area contributed by atoms with E-state index >= 15 is 0 Å². The molecular formula is C23H25NO4. The van der Waals surface area contributed by atoms with Gasteiger partial charge in [0.1, 0.15) is 36.4 Å². The fraction of sp³-hybridized carbons (Fsp3) is 0.304. The third-order valence-corrected chi connectivity index (χ3v) is 4.22. The van der Waals surface area contributed by atoms with Crippen LogP contribution in [0.4, 0.5) is 0 Å². The smallest absolute Gasteiger partial charge is 0.349 e. The number of methoxy groups -OCH3 is 1. The molecule has 0 aliphatic heterocycles. The molecule has 0 N–H and O–H groups in total. The first kappa shape index (κ1) is 21.0. The van der Waals surface area contributed by atoms with Crippen LogP contribution in [0.3, 0.4) is 0 Å². The van der Waals surface area contributed by atoms with Crippen molar-refractivity contribution < 1.29 is 19.0 Å². The van der Waals surface area contributed by atoms with Gasteiger partial charge < -0.3 is 14.2 Å². The van der Waals surface area contributed by atoms with Gasteiger partial charge in [-0.25, -0.2) is 4.79 Å². The van der Waals surface area contributed by atoms with Gasteiger partial charge in [0.15, 0.2) is 0 Å². The molecule has 0 amide bonds. The van der Waals surface area contributed by atoms with Crippen molar-refractivity contribution in [2.24, 2.45) is 0 Å². The number of ether oxygens (including phenoxy) is 3. The van der Waals surface area contributed by atoms with Crippen molar-refractivity contribution in [2.75, 3.05) is 20.3 Å². The number of rotatable bonds is 8. The van der Waals surface area contributed by atoms with Crippen LogP contribution in [-0.4, -0.2) is 26.3 Å². The molecule has 0 saturated heterocycles. The normalized spacial score (nSPS) is 11.1. The van der Waals surface area contributed by atoms with Crippen molar-refractivity contribution in [3.63, 3.8) is 0 Å². The summed E-state index contributed by atoms with van der Waals surface area (Å²) in [5.41, 5.74) is 3.09. The highest BCUT2D eigenvalue weighted by Crippen LogP contribution is 2.23. The number of carbonyl (C=O) groups excluding carboxylic acids is 1. The first-order chi connectivity index (χ1) is 13.4. The monoisotopic (exact) mass is 379 g/mol. The van der Waals surface area contributed by atoms with Crippen molar-refractivity contribution in [2.45, 2.75) is 26.7 Å². The largest absolute Gasteiger partial charge is 0.497 e. The molecule has 0 radical (unpaired) electrons. The van der Waals surface area contributed by atoms with Gasteiger partial charge in [-0.15, -0.1) is 0 Å². The molecule has 146 valence electrons. The van der Waals surface area contributed by atoms with E-state index in [0.29, 0.717) is 17.2 Å². The molecule has 2 aromatic carbocycles. The Morgan fingerprint density at radius 2 is 1.79 bits per heavy atom. The molecule has 0 aliphatic carbocycles. The van der Waals surface area contributed by atoms with Gasteiger partial charge in [0.2, 0.25) is 0 Å². The summed E-state index contributed by atoms with van der Waals surface area (Å²) in [5.74, 6) is 1.21. The van der Waals surface area contributed by atoms with Crippen molar-refractivity contribution >= 4 is 12.0 Å². The molecule has 2 rings (SSSR count). The maximum Gasteiger partial charge on any atom is 0.349 e. The van der Waals surface area contributed by atoms with Crippen LogP contribution in [0.15, 0.2) is 48.0 Å². The van der Waals surface area contributed by atoms with E-state index in [4.69, 9.17) is 14.2 Å². The molecule has 0 fully saturated rings. The summed E-state index contributed by atoms with van der Waals surface area (Å²) in [5, 5.41) is 9.22. The Labute approximate surface area is 166 Å². The summed E-state index contributed by atoms with van der Waals surface area (Å²) in [6.45, 7) is 6.62. The zero-order valence-corrected chi connectivity index (χ0v) is 16.7. The van der Waals surface area contributed by atoms with Gasteiger partial charge >= 0.3 is 5.97 Å². The van der Waals surface area contributed by atoms with Crippen LogP contribution >= 0.6 is 0 Å². The van der Waals surface area contributed by atoms with Gasteiger partial charge in [0.25, 0.3) is 0 Å². The quantitative estimate of drug-likeness (QED) is 0.289. The predicted octanol–water partition coefficient (Wildman–Crippen LogP) is 4.66. The minimum absolute atomic E-state index is 0.0610. The van der Waals surface area contributed by atoms with Gasteiger partial charge in [-0.1, -0.05) is 32.0 Å². The third-order valence-electron chi connectivity index (χ3n) is 4.22. The average Bonchev–Trinajstić information content (AvgIpc) is 2.69. The van der Waals surface area contributed by atoms with Crippen LogP contribution in [0.1, 0.15) is 36.5 Å². The number of esters is 1. The molecule has 5 heteroatoms. The van der Waals surface area contributed by atoms with Crippen molar-refractivity contribution in [3.8, 4) is 17.6 Å². The first-order valence-electron chi connectivity index (χ1n) is 9.11. The SMILES string of the molecule is COc1ccc(/C=C(\C#N)C(=O)OCCOc2ccc(C(C)C)c(C)c2)cc1. The van der Waals surface area contributed by atoms with E-state index < -0.39 is 5.97 Å². The molecule has 2 aromatic rings. The fourth-order valence-electron chi connectivity index (χ4n) is 2.76. The number of benzene rings is 2. The molecule has 0 spiro atoms. The van der Waals surface area contributed by atoms with E-state index in [2.05, 4.69) is 13.8 Å². The third kappa shape index (κ3) is 5.88. The van der Waals surface area contributed by atoms with Gasteiger partial charge in [-0.05, 0) is 59.9 Å². The molecule has 0 bridgehead atoms. The molecule has 0 aliphatic rings. The topological polar surface area (TPSA) is 68.5 Å². The summed E-state index contributed by atoms with van der Waals surface area (Å²) in [6, 6.07) is 14.8. The van der Waals surface area contributed by atoms with E-state index in [0.717, 1.165) is 5.75 Å². The Bertz CT molecular complexity index is 876. The zero-order valence-electron chi connectivity index (χ0n) is 16.7. The number of carbonyl (C=O) groups is 1. The van der Waals surface area contributed by atoms with Gasteiger partial charge in [-0.3, -0.25) is 0 Å². The molecule has 0 aromatic heterocycles. The van der Waals surface area contributed by atoms with Gasteiger partial charge in [-0.2, -0.15) is 5.26 Å². The maximum absolute atomic E-state index is 12.1. The molecular weight excluding hydrogens is 354 g/mol. The van der Waals surface area contributed by atoms with Crippen LogP contribution in [0.5, 0.6) is 11.5 Å². The molecule has 0 heterocycles. The van der Waals surface area contributed by atoms with Gasteiger partial charge in [0, 0.05) is 0 Å². The second-order valence-electron chi connectivity index (χ2n) is 6.60. The number of aryl methyl sites for hydroxylation is 1. The molecule has 0 unspecified atom stereocenters. The minimum Gasteiger partial charge on any atom is -0.497 e. The first-order valence-corrected chi connectivity index (χ1v) is 9.11. The summed E-state index contributed by atoms with van der Waals surface area (Å²) in [7, 11) is 1.57. The summed E-state index contributed by atoms with van der Waals surface area (Å²) >= 11 is 0. The minimum atomic E-state index is -0.673. The standard InChI is InChI=1S/C23H25NO4/c1-16(2)22-10-9-21(13-17(22)3)27-11-12-28-23(25)19(15-24)14-18-5-7-20(26-4)8-6-18/h5-10,13-14,16H,11-12H2,1-4H3/b19-14+. The lowest BCUT2D eigenvalue weighted by Crippen LogP contribution is -2.13. The Morgan fingerprint density at radius 3 is 2.36 bits per heavy atom. The van der Waals surface area contributed by atoms with Crippen molar-refractivity contribution in [1.29, 1.82) is 5.26 Å². The van der Waals surface area contributed by atoms with Crippen LogP contribution in [0, 0.1) is 18.3 Å². The number of hydrogen-bond donors (Lipinski definition) is 0. The highest BCUT2D eigenvalue weighted by Gasteiger charge is 2.11. The summed E-state index contributed by atoms with van der Waals surface area (Å²) in [6.07, 6.45) is 1.48. The van der Waals surface area contributed by atoms with E-state index in [1.54, 1.807) is 31.4 Å². The Balaban J connectivity index is 1.87. The lowest BCUT2D eigenvalue weighted by atomic mass is 9.98. The highest BCUT2D eigenvalue weighted by molar-refractivity contribution is 5.97. The van der Waals surface area contributed by atoms with Crippen molar-refractivity contribution in [3.05, 3.63) is 64.7 Å². The van der Waals surface area contributed by atoms with Crippen LogP contribution in [0.2, 0.25) is 0 Å². The highest BCUT2D eigenvalue weighted by atomic mass is 16.6. The molecule has 0 atom stereocenters. The molecule has 0 saturated carbocycles. The Morgan fingerprint density at radius 1 is 1.11 bits per heavy atom. The van der Waals surface area contributed by atoms with E-state index in [1.165, 1.54) is 17.2 Å². The fourth-order valence-corrected chi connectivity index (χ4v) is 2.76. The number of hydrogen-bond acceptors (Lipinski definition) is 5. The van der Waals surface area contributed by atoms with Crippen molar-refractivity contribution in [1.82, 2.24) is 0 Å². The zero-order chi connectivity index (χ0) is 20.5. The summed E-state index contributed by atoms with van der Waals surface area (Å²) in [4.78, 5) is 12.1. The average molecular weight is 379 g/mol. The lowest BCUT2D eigenvalue weighted by Gasteiger charge is -2.12. The maximum atomic E-state index is 12.1. The van der Waals surface area contributed by atoms with Gasteiger partial charge in [0.05, 0.1) is 7.11 Å². The number of nitrogens with zero attached hydrogens (tertiary/aromatic N) is 1. The molecule has 5 nitrogen and oxygen atoms in total. The Hall–Kier alpha value is -3.26. The lowest BCUT2D eigenvalue weighted by molar-refractivity contribution is -0.139. The van der Waals surface area contributed by atoms with E-state index in [9.17, 15) is 10.1 Å². The van der Waals surface area contributed by atoms with E-state index in [1.807, 2.05) is 31.2 Å². The number of nitriles is 1.